The molecule has 0 spiro atoms. The van der Waals surface area contributed by atoms with E-state index in [9.17, 15) is 4.79 Å². The summed E-state index contributed by atoms with van der Waals surface area (Å²) in [7, 11) is 0. The van der Waals surface area contributed by atoms with Crippen molar-refractivity contribution in [1.82, 2.24) is 0 Å². The van der Waals surface area contributed by atoms with E-state index in [4.69, 9.17) is 9.47 Å². The van der Waals surface area contributed by atoms with Crippen molar-refractivity contribution in [2.75, 3.05) is 26.4 Å². The summed E-state index contributed by atoms with van der Waals surface area (Å²) in [6, 6.07) is 0. The van der Waals surface area contributed by atoms with Crippen molar-refractivity contribution < 1.29 is 14.3 Å². The minimum absolute atomic E-state index is 0.407. The van der Waals surface area contributed by atoms with E-state index in [2.05, 4.69) is 27.7 Å². The zero-order valence-electron chi connectivity index (χ0n) is 11.1. The van der Waals surface area contributed by atoms with E-state index in [0.717, 1.165) is 39.3 Å². The van der Waals surface area contributed by atoms with Crippen molar-refractivity contribution in [3.8, 4) is 0 Å². The first-order valence-corrected chi connectivity index (χ1v) is 6.19. The Morgan fingerprint density at radius 2 is 1.19 bits per heavy atom. The molecule has 0 unspecified atom stereocenters. The van der Waals surface area contributed by atoms with Crippen LogP contribution >= 0.6 is 0 Å². The lowest BCUT2D eigenvalue weighted by atomic mass is 10.00. The average molecular weight is 230 g/mol. The van der Waals surface area contributed by atoms with Crippen molar-refractivity contribution in [1.29, 1.82) is 0 Å². The maximum Gasteiger partial charge on any atom is 0.133 e. The molecular formula is C13H26O3. The smallest absolute Gasteiger partial charge is 0.133 e. The minimum Gasteiger partial charge on any atom is -0.377 e. The normalized spacial score (nSPS) is 15.9. The molecule has 0 atom stereocenters. The summed E-state index contributed by atoms with van der Waals surface area (Å²) in [5, 5.41) is 0. The lowest BCUT2D eigenvalue weighted by molar-refractivity contribution is -0.120. The van der Waals surface area contributed by atoms with E-state index >= 15 is 0 Å². The summed E-state index contributed by atoms with van der Waals surface area (Å²) >= 11 is 0. The van der Waals surface area contributed by atoms with Gasteiger partial charge < -0.3 is 9.47 Å². The molecule has 3 nitrogen and oxygen atoms in total. The first kappa shape index (κ1) is 15.6. The highest BCUT2D eigenvalue weighted by atomic mass is 16.6. The van der Waals surface area contributed by atoms with Gasteiger partial charge in [-0.1, -0.05) is 27.7 Å². The summed E-state index contributed by atoms with van der Waals surface area (Å²) in [4.78, 5) is 11.1. The zero-order valence-corrected chi connectivity index (χ0v) is 11.1. The fourth-order valence-electron chi connectivity index (χ4n) is 1.43. The third-order valence-corrected chi connectivity index (χ3v) is 2.02. The first-order valence-electron chi connectivity index (χ1n) is 6.19. The minimum atomic E-state index is 0.407. The third kappa shape index (κ3) is 11.7. The van der Waals surface area contributed by atoms with Gasteiger partial charge in [0.15, 0.2) is 0 Å². The number of ketones is 1. The second-order valence-corrected chi connectivity index (χ2v) is 4.96. The molecule has 3 heteroatoms. The Bertz CT molecular complexity index is 149. The van der Waals surface area contributed by atoms with Crippen LogP contribution in [0.3, 0.4) is 0 Å². The molecule has 0 amide bonds. The van der Waals surface area contributed by atoms with Gasteiger partial charge in [-0.2, -0.15) is 0 Å². The first-order chi connectivity index (χ1) is 7.52. The molecule has 1 heterocycles. The van der Waals surface area contributed by atoms with Crippen LogP contribution in [0.1, 0.15) is 40.5 Å². The molecule has 16 heavy (non-hydrogen) atoms. The lowest BCUT2D eigenvalue weighted by Crippen LogP contribution is -2.16. The van der Waals surface area contributed by atoms with E-state index in [0.29, 0.717) is 17.6 Å². The molecule has 0 bridgehead atoms. The van der Waals surface area contributed by atoms with E-state index in [-0.39, 0.29) is 0 Å². The largest absolute Gasteiger partial charge is 0.377 e. The predicted octanol–water partition coefficient (Wildman–Crippen LogP) is 2.68. The number of Topliss-reactive ketones (excluding diaryl/α,β-unsaturated/α-hetero) is 1. The van der Waals surface area contributed by atoms with Gasteiger partial charge in [0.25, 0.3) is 0 Å². The number of carbonyl (C=O) groups is 1. The maximum atomic E-state index is 11.1. The van der Waals surface area contributed by atoms with Gasteiger partial charge in [0.05, 0.1) is 26.4 Å². The van der Waals surface area contributed by atoms with Crippen molar-refractivity contribution in [2.45, 2.75) is 40.5 Å². The highest BCUT2D eigenvalue weighted by Gasteiger charge is 2.06. The van der Waals surface area contributed by atoms with Crippen LogP contribution in [0.15, 0.2) is 0 Å². The number of rotatable bonds is 4. The van der Waals surface area contributed by atoms with E-state index < -0.39 is 0 Å². The summed E-state index contributed by atoms with van der Waals surface area (Å²) in [5.74, 6) is 1.45. The van der Waals surface area contributed by atoms with Gasteiger partial charge in [-0.05, 0) is 11.8 Å². The molecule has 1 aliphatic rings. The van der Waals surface area contributed by atoms with Crippen LogP contribution in [0.5, 0.6) is 0 Å². The Morgan fingerprint density at radius 3 is 1.38 bits per heavy atom. The van der Waals surface area contributed by atoms with Gasteiger partial charge in [-0.15, -0.1) is 0 Å². The van der Waals surface area contributed by atoms with E-state index in [1.807, 2.05) is 0 Å². The number of carbonyl (C=O) groups excluding carboxylic acids is 1. The highest BCUT2D eigenvalue weighted by Crippen LogP contribution is 2.07. The van der Waals surface area contributed by atoms with Gasteiger partial charge in [0.1, 0.15) is 5.78 Å². The van der Waals surface area contributed by atoms with Gasteiger partial charge in [0, 0.05) is 12.8 Å². The van der Waals surface area contributed by atoms with Crippen molar-refractivity contribution in [3.05, 3.63) is 0 Å². The Kier molecular flexibility index (Phi) is 9.54. The van der Waals surface area contributed by atoms with Crippen LogP contribution in [0, 0.1) is 11.8 Å². The number of ether oxygens (including phenoxy) is 2. The van der Waals surface area contributed by atoms with Crippen LogP contribution in [-0.2, 0) is 14.3 Å². The fraction of sp³-hybridized carbons (Fsp3) is 0.923. The standard InChI is InChI=1S/C9H18O.C4H8O2/c1-7(2)5-9(10)6-8(3)4;1-2-6-4-3-5-1/h7-8H,5-6H2,1-4H3;1-4H2. The average Bonchev–Trinajstić information content (AvgIpc) is 2.18. The highest BCUT2D eigenvalue weighted by molar-refractivity contribution is 5.78. The van der Waals surface area contributed by atoms with Gasteiger partial charge in [0.2, 0.25) is 0 Å². The van der Waals surface area contributed by atoms with E-state index in [1.165, 1.54) is 0 Å². The summed E-state index contributed by atoms with van der Waals surface area (Å²) in [6.07, 6.45) is 1.50. The quantitative estimate of drug-likeness (QED) is 0.745. The molecule has 0 saturated carbocycles. The van der Waals surface area contributed by atoms with Crippen molar-refractivity contribution in [2.24, 2.45) is 11.8 Å². The summed E-state index contributed by atoms with van der Waals surface area (Å²) in [5.41, 5.74) is 0. The Hall–Kier alpha value is -0.410. The third-order valence-electron chi connectivity index (χ3n) is 2.02. The molecule has 0 radical (unpaired) electrons. The molecule has 1 fully saturated rings. The molecule has 1 saturated heterocycles. The Labute approximate surface area is 99.5 Å². The van der Waals surface area contributed by atoms with E-state index in [1.54, 1.807) is 0 Å². The van der Waals surface area contributed by atoms with Gasteiger partial charge in [-0.3, -0.25) is 4.79 Å². The number of hydrogen-bond acceptors (Lipinski definition) is 3. The lowest BCUT2D eigenvalue weighted by Gasteiger charge is -2.09. The zero-order chi connectivity index (χ0) is 12.4. The van der Waals surface area contributed by atoms with Crippen LogP contribution in [-0.4, -0.2) is 32.2 Å². The molecule has 0 aliphatic carbocycles. The number of hydrogen-bond donors (Lipinski definition) is 0. The topological polar surface area (TPSA) is 35.5 Å². The van der Waals surface area contributed by atoms with Gasteiger partial charge >= 0.3 is 0 Å². The second-order valence-electron chi connectivity index (χ2n) is 4.96. The Balaban J connectivity index is 0.000000315. The summed E-state index contributed by atoms with van der Waals surface area (Å²) < 4.78 is 9.89. The molecular weight excluding hydrogens is 204 g/mol. The molecule has 96 valence electrons. The SMILES string of the molecule is C1COCCO1.CC(C)CC(=O)CC(C)C. The molecule has 0 aromatic carbocycles. The fourth-order valence-corrected chi connectivity index (χ4v) is 1.43. The van der Waals surface area contributed by atoms with Crippen LogP contribution in [0.25, 0.3) is 0 Å². The molecule has 0 aromatic rings. The van der Waals surface area contributed by atoms with Crippen molar-refractivity contribution >= 4 is 5.78 Å². The van der Waals surface area contributed by atoms with Gasteiger partial charge in [-0.25, -0.2) is 0 Å². The van der Waals surface area contributed by atoms with Crippen LogP contribution in [0.4, 0.5) is 0 Å². The Morgan fingerprint density at radius 1 is 0.875 bits per heavy atom. The van der Waals surface area contributed by atoms with Crippen LogP contribution < -0.4 is 0 Å². The second kappa shape index (κ2) is 9.79. The maximum absolute atomic E-state index is 11.1. The monoisotopic (exact) mass is 230 g/mol. The molecule has 0 N–H and O–H groups in total. The van der Waals surface area contributed by atoms with Crippen molar-refractivity contribution in [3.63, 3.8) is 0 Å². The summed E-state index contributed by atoms with van der Waals surface area (Å²) in [6.45, 7) is 11.4. The molecule has 1 aliphatic heterocycles. The molecule has 0 aromatic heterocycles. The van der Waals surface area contributed by atoms with Crippen LogP contribution in [0.2, 0.25) is 0 Å². The predicted molar refractivity (Wildman–Crippen MR) is 65.6 cm³/mol. The molecule has 1 rings (SSSR count).